The van der Waals surface area contributed by atoms with Crippen molar-refractivity contribution in [1.82, 2.24) is 19.7 Å². The molecule has 2 heterocycles. The van der Waals surface area contributed by atoms with E-state index in [1.54, 1.807) is 17.1 Å². The number of hydrogen-bond acceptors (Lipinski definition) is 4. The molecular formula is C11H15N5. The van der Waals surface area contributed by atoms with Crippen LogP contribution in [0.2, 0.25) is 0 Å². The second-order valence-electron chi connectivity index (χ2n) is 3.78. The molecule has 0 aliphatic rings. The normalized spacial score (nSPS) is 10.8. The molecule has 2 aromatic heterocycles. The monoisotopic (exact) mass is 217 g/mol. The van der Waals surface area contributed by atoms with Gasteiger partial charge in [0.1, 0.15) is 0 Å². The van der Waals surface area contributed by atoms with E-state index in [2.05, 4.69) is 22.0 Å². The molecule has 5 nitrogen and oxygen atoms in total. The van der Waals surface area contributed by atoms with Crippen LogP contribution in [0.1, 0.15) is 22.6 Å². The Bertz CT molecular complexity index is 498. The van der Waals surface area contributed by atoms with Crippen molar-refractivity contribution in [2.45, 2.75) is 27.3 Å². The topological polar surface area (TPSA) is 69.6 Å². The van der Waals surface area contributed by atoms with Gasteiger partial charge in [-0.2, -0.15) is 5.10 Å². The predicted octanol–water partition coefficient (Wildman–Crippen LogP) is 1.05. The van der Waals surface area contributed by atoms with Crippen molar-refractivity contribution in [3.8, 4) is 5.82 Å². The minimum absolute atomic E-state index is 0.406. The summed E-state index contributed by atoms with van der Waals surface area (Å²) in [4.78, 5) is 8.50. The van der Waals surface area contributed by atoms with E-state index in [1.807, 2.05) is 13.8 Å². The number of nitrogens with two attached hydrogens (primary N) is 1. The van der Waals surface area contributed by atoms with E-state index in [1.165, 1.54) is 5.56 Å². The summed E-state index contributed by atoms with van der Waals surface area (Å²) in [5.74, 6) is 0.728. The SMILES string of the molecule is Cc1nn(-c2cnc(CN)cn2)c(C)c1C. The average Bonchev–Trinajstić information content (AvgIpc) is 2.57. The van der Waals surface area contributed by atoms with Crippen molar-refractivity contribution in [3.63, 3.8) is 0 Å². The lowest BCUT2D eigenvalue weighted by Gasteiger charge is -2.03. The van der Waals surface area contributed by atoms with Crippen molar-refractivity contribution >= 4 is 0 Å². The molecule has 5 heteroatoms. The molecule has 0 bridgehead atoms. The highest BCUT2D eigenvalue weighted by Crippen LogP contribution is 2.14. The zero-order valence-corrected chi connectivity index (χ0v) is 9.73. The lowest BCUT2D eigenvalue weighted by atomic mass is 10.2. The fourth-order valence-electron chi connectivity index (χ4n) is 1.51. The number of rotatable bonds is 2. The van der Waals surface area contributed by atoms with Gasteiger partial charge in [0.25, 0.3) is 0 Å². The van der Waals surface area contributed by atoms with E-state index in [-0.39, 0.29) is 0 Å². The average molecular weight is 217 g/mol. The second kappa shape index (κ2) is 4.02. The van der Waals surface area contributed by atoms with Crippen molar-refractivity contribution in [1.29, 1.82) is 0 Å². The Labute approximate surface area is 94.3 Å². The lowest BCUT2D eigenvalue weighted by Crippen LogP contribution is -2.06. The Balaban J connectivity index is 2.46. The number of aryl methyl sites for hydroxylation is 1. The molecule has 2 N–H and O–H groups in total. The maximum absolute atomic E-state index is 5.47. The van der Waals surface area contributed by atoms with E-state index in [4.69, 9.17) is 5.73 Å². The Morgan fingerprint density at radius 3 is 2.38 bits per heavy atom. The fourth-order valence-corrected chi connectivity index (χ4v) is 1.51. The smallest absolute Gasteiger partial charge is 0.172 e. The van der Waals surface area contributed by atoms with Gasteiger partial charge in [-0.05, 0) is 26.3 Å². The van der Waals surface area contributed by atoms with Gasteiger partial charge < -0.3 is 5.73 Å². The highest BCUT2D eigenvalue weighted by atomic mass is 15.3. The summed E-state index contributed by atoms with van der Waals surface area (Å²) in [5, 5.41) is 4.42. The number of nitrogens with zero attached hydrogens (tertiary/aromatic N) is 4. The minimum Gasteiger partial charge on any atom is -0.325 e. The van der Waals surface area contributed by atoms with Crippen LogP contribution < -0.4 is 5.73 Å². The summed E-state index contributed by atoms with van der Waals surface area (Å²) >= 11 is 0. The molecule has 2 aromatic rings. The van der Waals surface area contributed by atoms with Gasteiger partial charge in [0.05, 0.1) is 23.8 Å². The van der Waals surface area contributed by atoms with Crippen molar-refractivity contribution in [2.24, 2.45) is 5.73 Å². The van der Waals surface area contributed by atoms with Gasteiger partial charge in [-0.15, -0.1) is 0 Å². The summed E-state index contributed by atoms with van der Waals surface area (Å²) in [6, 6.07) is 0. The van der Waals surface area contributed by atoms with Gasteiger partial charge in [0.2, 0.25) is 0 Å². The van der Waals surface area contributed by atoms with Crippen molar-refractivity contribution in [3.05, 3.63) is 35.0 Å². The first-order chi connectivity index (χ1) is 7.63. The molecule has 0 unspecified atom stereocenters. The summed E-state index contributed by atoms with van der Waals surface area (Å²) in [5.41, 5.74) is 9.54. The van der Waals surface area contributed by atoms with Gasteiger partial charge in [0.15, 0.2) is 5.82 Å². The third-order valence-corrected chi connectivity index (χ3v) is 2.77. The molecule has 0 spiro atoms. The Morgan fingerprint density at radius 2 is 1.94 bits per heavy atom. The van der Waals surface area contributed by atoms with Crippen LogP contribution in [0.3, 0.4) is 0 Å². The first-order valence-electron chi connectivity index (χ1n) is 5.17. The van der Waals surface area contributed by atoms with Crippen LogP contribution in [0.25, 0.3) is 5.82 Å². The second-order valence-corrected chi connectivity index (χ2v) is 3.78. The van der Waals surface area contributed by atoms with E-state index in [0.717, 1.165) is 22.9 Å². The van der Waals surface area contributed by atoms with Gasteiger partial charge in [0, 0.05) is 12.2 Å². The third kappa shape index (κ3) is 1.69. The van der Waals surface area contributed by atoms with E-state index >= 15 is 0 Å². The first kappa shape index (κ1) is 10.8. The molecule has 84 valence electrons. The van der Waals surface area contributed by atoms with Gasteiger partial charge in [-0.1, -0.05) is 0 Å². The summed E-state index contributed by atoms with van der Waals surface area (Å²) < 4.78 is 1.80. The maximum atomic E-state index is 5.47. The Hall–Kier alpha value is -1.75. The van der Waals surface area contributed by atoms with Gasteiger partial charge >= 0.3 is 0 Å². The standard InChI is InChI=1S/C11H15N5/c1-7-8(2)15-16(9(7)3)11-6-13-10(4-12)5-14-11/h5-6H,4,12H2,1-3H3. The molecule has 0 saturated carbocycles. The van der Waals surface area contributed by atoms with E-state index in [9.17, 15) is 0 Å². The van der Waals surface area contributed by atoms with Crippen LogP contribution in [0.4, 0.5) is 0 Å². The van der Waals surface area contributed by atoms with Crippen LogP contribution in [0.15, 0.2) is 12.4 Å². The van der Waals surface area contributed by atoms with E-state index < -0.39 is 0 Å². The van der Waals surface area contributed by atoms with Crippen LogP contribution in [-0.2, 0) is 6.54 Å². The first-order valence-corrected chi connectivity index (χ1v) is 5.17. The molecule has 0 atom stereocenters. The molecule has 0 fully saturated rings. The minimum atomic E-state index is 0.406. The zero-order valence-electron chi connectivity index (χ0n) is 9.73. The summed E-state index contributed by atoms with van der Waals surface area (Å²) in [6.07, 6.45) is 3.38. The predicted molar refractivity (Wildman–Crippen MR) is 61.3 cm³/mol. The fraction of sp³-hybridized carbons (Fsp3) is 0.364. The van der Waals surface area contributed by atoms with Crippen LogP contribution in [0.5, 0.6) is 0 Å². The lowest BCUT2D eigenvalue weighted by molar-refractivity contribution is 0.791. The molecule has 0 aliphatic heterocycles. The molecular weight excluding hydrogens is 202 g/mol. The molecule has 0 saturated heterocycles. The highest BCUT2D eigenvalue weighted by Gasteiger charge is 2.09. The Kier molecular flexibility index (Phi) is 2.70. The molecule has 0 amide bonds. The number of aromatic nitrogens is 4. The zero-order chi connectivity index (χ0) is 11.7. The van der Waals surface area contributed by atoms with Crippen molar-refractivity contribution in [2.75, 3.05) is 0 Å². The Morgan fingerprint density at radius 1 is 1.19 bits per heavy atom. The summed E-state index contributed by atoms with van der Waals surface area (Å²) in [6.45, 7) is 6.47. The highest BCUT2D eigenvalue weighted by molar-refractivity contribution is 5.30. The molecule has 2 rings (SSSR count). The van der Waals surface area contributed by atoms with E-state index in [0.29, 0.717) is 6.54 Å². The molecule has 16 heavy (non-hydrogen) atoms. The quantitative estimate of drug-likeness (QED) is 0.816. The number of hydrogen-bond donors (Lipinski definition) is 1. The largest absolute Gasteiger partial charge is 0.325 e. The maximum Gasteiger partial charge on any atom is 0.172 e. The van der Waals surface area contributed by atoms with Gasteiger partial charge in [-0.3, -0.25) is 4.98 Å². The summed E-state index contributed by atoms with van der Waals surface area (Å²) in [7, 11) is 0. The van der Waals surface area contributed by atoms with Crippen LogP contribution in [-0.4, -0.2) is 19.7 Å². The molecule has 0 aromatic carbocycles. The van der Waals surface area contributed by atoms with Crippen LogP contribution in [0, 0.1) is 20.8 Å². The van der Waals surface area contributed by atoms with Gasteiger partial charge in [-0.25, -0.2) is 9.67 Å². The van der Waals surface area contributed by atoms with Crippen molar-refractivity contribution < 1.29 is 0 Å². The third-order valence-electron chi connectivity index (χ3n) is 2.77. The molecule has 0 aliphatic carbocycles. The van der Waals surface area contributed by atoms with Crippen LogP contribution >= 0.6 is 0 Å². The molecule has 0 radical (unpaired) electrons.